The number of benzene rings is 1. The zero-order valence-corrected chi connectivity index (χ0v) is 9.92. The molecule has 2 rings (SSSR count). The maximum atomic E-state index is 5.73. The van der Waals surface area contributed by atoms with Crippen molar-refractivity contribution in [3.63, 3.8) is 0 Å². The number of hydrogen-bond acceptors (Lipinski definition) is 4. The lowest BCUT2D eigenvalue weighted by molar-refractivity contribution is 0.217. The summed E-state index contributed by atoms with van der Waals surface area (Å²) in [4.78, 5) is 8.19. The molecular formula is C13H15N3O. The summed E-state index contributed by atoms with van der Waals surface area (Å²) < 4.78 is 5.73. The first-order chi connectivity index (χ1) is 8.15. The Morgan fingerprint density at radius 3 is 2.53 bits per heavy atom. The van der Waals surface area contributed by atoms with Gasteiger partial charge in [0.15, 0.2) is 0 Å². The van der Waals surface area contributed by atoms with E-state index in [0.29, 0.717) is 17.5 Å². The third-order valence-electron chi connectivity index (χ3n) is 2.40. The molecule has 0 fully saturated rings. The normalized spacial score (nSPS) is 12.1. The third-order valence-corrected chi connectivity index (χ3v) is 2.40. The summed E-state index contributed by atoms with van der Waals surface area (Å²) in [6.45, 7) is 3.76. The van der Waals surface area contributed by atoms with Gasteiger partial charge in [-0.1, -0.05) is 30.3 Å². The molecule has 17 heavy (non-hydrogen) atoms. The number of nitrogen functional groups attached to an aromatic ring is 1. The van der Waals surface area contributed by atoms with Gasteiger partial charge in [-0.3, -0.25) is 0 Å². The Kier molecular flexibility index (Phi) is 3.23. The molecule has 1 aromatic carbocycles. The number of aryl methyl sites for hydroxylation is 1. The van der Waals surface area contributed by atoms with Crippen molar-refractivity contribution in [1.29, 1.82) is 0 Å². The van der Waals surface area contributed by atoms with E-state index in [2.05, 4.69) is 9.97 Å². The molecule has 0 aliphatic rings. The Hall–Kier alpha value is -2.10. The van der Waals surface area contributed by atoms with Crippen LogP contribution >= 0.6 is 0 Å². The molecule has 0 saturated carbocycles. The van der Waals surface area contributed by atoms with E-state index in [9.17, 15) is 0 Å². The molecule has 88 valence electrons. The lowest BCUT2D eigenvalue weighted by atomic mass is 10.1. The second kappa shape index (κ2) is 4.82. The number of anilines is 1. The molecule has 2 aromatic rings. The maximum Gasteiger partial charge on any atom is 0.219 e. The van der Waals surface area contributed by atoms with Crippen molar-refractivity contribution < 1.29 is 4.74 Å². The largest absolute Gasteiger partial charge is 0.470 e. The topological polar surface area (TPSA) is 61.0 Å². The van der Waals surface area contributed by atoms with Crippen molar-refractivity contribution >= 4 is 5.82 Å². The highest BCUT2D eigenvalue weighted by Crippen LogP contribution is 2.20. The third kappa shape index (κ3) is 2.93. The summed E-state index contributed by atoms with van der Waals surface area (Å²) in [5.41, 5.74) is 6.74. The van der Waals surface area contributed by atoms with Crippen LogP contribution in [0.3, 0.4) is 0 Å². The molecule has 2 N–H and O–H groups in total. The first-order valence-corrected chi connectivity index (χ1v) is 5.48. The van der Waals surface area contributed by atoms with Crippen LogP contribution in [0.25, 0.3) is 0 Å². The van der Waals surface area contributed by atoms with Crippen LogP contribution in [0.5, 0.6) is 5.88 Å². The van der Waals surface area contributed by atoms with Gasteiger partial charge in [-0.25, -0.2) is 4.98 Å². The van der Waals surface area contributed by atoms with Crippen molar-refractivity contribution in [3.05, 3.63) is 47.8 Å². The van der Waals surface area contributed by atoms with Gasteiger partial charge < -0.3 is 10.5 Å². The summed E-state index contributed by atoms with van der Waals surface area (Å²) >= 11 is 0. The number of hydrogen-bond donors (Lipinski definition) is 1. The SMILES string of the molecule is Cc1nc(N)cc(OC(C)c2ccccc2)n1. The Morgan fingerprint density at radius 2 is 1.88 bits per heavy atom. The fourth-order valence-electron chi connectivity index (χ4n) is 1.60. The lowest BCUT2D eigenvalue weighted by Crippen LogP contribution is -2.06. The van der Waals surface area contributed by atoms with E-state index in [-0.39, 0.29) is 6.10 Å². The van der Waals surface area contributed by atoms with Gasteiger partial charge in [0, 0.05) is 6.07 Å². The minimum absolute atomic E-state index is 0.0649. The molecule has 0 amide bonds. The number of ether oxygens (including phenoxy) is 1. The molecule has 1 unspecified atom stereocenters. The van der Waals surface area contributed by atoms with Gasteiger partial charge in [-0.05, 0) is 19.4 Å². The highest BCUT2D eigenvalue weighted by Gasteiger charge is 2.08. The minimum atomic E-state index is -0.0649. The number of nitrogens with zero attached hydrogens (tertiary/aromatic N) is 2. The van der Waals surface area contributed by atoms with Crippen LogP contribution < -0.4 is 10.5 Å². The molecule has 0 spiro atoms. The minimum Gasteiger partial charge on any atom is -0.470 e. The van der Waals surface area contributed by atoms with Crippen LogP contribution in [-0.4, -0.2) is 9.97 Å². The van der Waals surface area contributed by atoms with Crippen molar-refractivity contribution in [2.24, 2.45) is 0 Å². The van der Waals surface area contributed by atoms with Crippen molar-refractivity contribution in [3.8, 4) is 5.88 Å². The molecule has 1 atom stereocenters. The standard InChI is InChI=1S/C13H15N3O/c1-9(11-6-4-3-5-7-11)17-13-8-12(14)15-10(2)16-13/h3-9H,1-2H3,(H2,14,15,16). The van der Waals surface area contributed by atoms with E-state index >= 15 is 0 Å². The highest BCUT2D eigenvalue weighted by atomic mass is 16.5. The summed E-state index contributed by atoms with van der Waals surface area (Å²) in [6, 6.07) is 11.6. The Balaban J connectivity index is 2.16. The molecule has 0 radical (unpaired) electrons. The smallest absolute Gasteiger partial charge is 0.219 e. The Morgan fingerprint density at radius 1 is 1.18 bits per heavy atom. The predicted molar refractivity (Wildman–Crippen MR) is 66.7 cm³/mol. The average molecular weight is 229 g/mol. The summed E-state index contributed by atoms with van der Waals surface area (Å²) in [7, 11) is 0. The second-order valence-corrected chi connectivity index (χ2v) is 3.85. The van der Waals surface area contributed by atoms with Crippen LogP contribution in [0.1, 0.15) is 24.4 Å². The molecule has 0 bridgehead atoms. The molecule has 0 saturated heterocycles. The first-order valence-electron chi connectivity index (χ1n) is 5.48. The summed E-state index contributed by atoms with van der Waals surface area (Å²) in [5, 5.41) is 0. The average Bonchev–Trinajstić information content (AvgIpc) is 2.28. The number of aromatic nitrogens is 2. The van der Waals surface area contributed by atoms with Crippen LogP contribution in [0.15, 0.2) is 36.4 Å². The van der Waals surface area contributed by atoms with Crippen LogP contribution in [0, 0.1) is 6.92 Å². The Bertz CT molecular complexity index is 479. The van der Waals surface area contributed by atoms with E-state index in [4.69, 9.17) is 10.5 Å². The van der Waals surface area contributed by atoms with Crippen LogP contribution in [-0.2, 0) is 0 Å². The van der Waals surface area contributed by atoms with Crippen molar-refractivity contribution in [2.45, 2.75) is 20.0 Å². The quantitative estimate of drug-likeness (QED) is 0.878. The van der Waals surface area contributed by atoms with E-state index in [1.54, 1.807) is 13.0 Å². The molecule has 1 aromatic heterocycles. The van der Waals surface area contributed by atoms with Crippen LogP contribution in [0.4, 0.5) is 5.82 Å². The zero-order valence-electron chi connectivity index (χ0n) is 9.92. The second-order valence-electron chi connectivity index (χ2n) is 3.85. The molecule has 0 aliphatic heterocycles. The molecule has 4 heteroatoms. The van der Waals surface area contributed by atoms with E-state index in [1.165, 1.54) is 0 Å². The van der Waals surface area contributed by atoms with Gasteiger partial charge in [0.1, 0.15) is 17.7 Å². The van der Waals surface area contributed by atoms with Gasteiger partial charge in [0.05, 0.1) is 0 Å². The van der Waals surface area contributed by atoms with E-state index < -0.39 is 0 Å². The van der Waals surface area contributed by atoms with E-state index in [0.717, 1.165) is 5.56 Å². The van der Waals surface area contributed by atoms with E-state index in [1.807, 2.05) is 37.3 Å². The molecule has 4 nitrogen and oxygen atoms in total. The van der Waals surface area contributed by atoms with Crippen LogP contribution in [0.2, 0.25) is 0 Å². The summed E-state index contributed by atoms with van der Waals surface area (Å²) in [6.07, 6.45) is -0.0649. The molecule has 0 aliphatic carbocycles. The lowest BCUT2D eigenvalue weighted by Gasteiger charge is -2.14. The Labute approximate surface area is 100 Å². The van der Waals surface area contributed by atoms with Gasteiger partial charge in [0.2, 0.25) is 5.88 Å². The maximum absolute atomic E-state index is 5.73. The highest BCUT2D eigenvalue weighted by molar-refractivity contribution is 5.33. The zero-order chi connectivity index (χ0) is 12.3. The monoisotopic (exact) mass is 229 g/mol. The number of rotatable bonds is 3. The van der Waals surface area contributed by atoms with Crippen molar-refractivity contribution in [2.75, 3.05) is 5.73 Å². The fourth-order valence-corrected chi connectivity index (χ4v) is 1.60. The van der Waals surface area contributed by atoms with Gasteiger partial charge in [0.25, 0.3) is 0 Å². The predicted octanol–water partition coefficient (Wildman–Crippen LogP) is 2.51. The van der Waals surface area contributed by atoms with Crippen molar-refractivity contribution in [1.82, 2.24) is 9.97 Å². The first kappa shape index (κ1) is 11.4. The fraction of sp³-hybridized carbons (Fsp3) is 0.231. The van der Waals surface area contributed by atoms with Gasteiger partial charge >= 0.3 is 0 Å². The number of nitrogens with two attached hydrogens (primary N) is 1. The molecule has 1 heterocycles. The summed E-state index contributed by atoms with van der Waals surface area (Å²) in [5.74, 6) is 1.54. The van der Waals surface area contributed by atoms with Gasteiger partial charge in [-0.15, -0.1) is 0 Å². The molecular weight excluding hydrogens is 214 g/mol. The van der Waals surface area contributed by atoms with Gasteiger partial charge in [-0.2, -0.15) is 4.98 Å².